The molecule has 1 aromatic heterocycles. The van der Waals surface area contributed by atoms with Gasteiger partial charge >= 0.3 is 0 Å². The van der Waals surface area contributed by atoms with E-state index in [1.54, 1.807) is 0 Å². The van der Waals surface area contributed by atoms with Gasteiger partial charge in [-0.2, -0.15) is 5.26 Å². The van der Waals surface area contributed by atoms with E-state index in [1.807, 2.05) is 0 Å². The van der Waals surface area contributed by atoms with Gasteiger partial charge in [0, 0.05) is 18.5 Å². The third kappa shape index (κ3) is 2.28. The van der Waals surface area contributed by atoms with Crippen LogP contribution in [0.25, 0.3) is 0 Å². The van der Waals surface area contributed by atoms with E-state index in [-0.39, 0.29) is 0 Å². The van der Waals surface area contributed by atoms with Gasteiger partial charge in [0.15, 0.2) is 5.69 Å². The Balaban J connectivity index is 1.85. The third-order valence-electron chi connectivity index (χ3n) is 4.75. The van der Waals surface area contributed by atoms with E-state index in [4.69, 9.17) is 0 Å². The Bertz CT molecular complexity index is 489. The number of nitrogens with one attached hydrogen (secondary N) is 1. The molecule has 4 heteroatoms. The molecule has 4 nitrogen and oxygen atoms in total. The number of aromatic nitrogens is 2. The van der Waals surface area contributed by atoms with Crippen LogP contribution in [0.1, 0.15) is 61.7 Å². The van der Waals surface area contributed by atoms with Crippen molar-refractivity contribution in [3.63, 3.8) is 0 Å². The summed E-state index contributed by atoms with van der Waals surface area (Å²) in [7, 11) is 2.05. The van der Waals surface area contributed by atoms with Crippen LogP contribution < -0.4 is 5.32 Å². The van der Waals surface area contributed by atoms with E-state index in [0.29, 0.717) is 17.7 Å². The molecule has 3 rings (SSSR count). The Morgan fingerprint density at radius 1 is 1.26 bits per heavy atom. The van der Waals surface area contributed by atoms with Gasteiger partial charge < -0.3 is 9.88 Å². The molecule has 2 heterocycles. The molecule has 0 amide bonds. The first-order valence-corrected chi connectivity index (χ1v) is 7.50. The van der Waals surface area contributed by atoms with Crippen LogP contribution in [0.5, 0.6) is 0 Å². The molecule has 102 valence electrons. The van der Waals surface area contributed by atoms with Crippen molar-refractivity contribution in [2.75, 3.05) is 7.05 Å². The fourth-order valence-corrected chi connectivity index (χ4v) is 3.61. The fraction of sp³-hybridized carbons (Fsp3) is 0.733. The summed E-state index contributed by atoms with van der Waals surface area (Å²) in [5, 5.41) is 12.6. The third-order valence-corrected chi connectivity index (χ3v) is 4.75. The number of rotatable bonds is 2. The van der Waals surface area contributed by atoms with Crippen LogP contribution in [0.15, 0.2) is 0 Å². The van der Waals surface area contributed by atoms with Crippen LogP contribution in [0.3, 0.4) is 0 Å². The molecular weight excluding hydrogens is 236 g/mol. The standard InChI is InChI=1S/C15H22N4/c1-17-12-7-5-11(6-8-12)15-18-13(10-16)14-4-2-3-9-19(14)15/h11-12,17H,2-9H2,1H3. The number of nitrogens with zero attached hydrogens (tertiary/aromatic N) is 3. The lowest BCUT2D eigenvalue weighted by molar-refractivity contribution is 0.340. The first-order chi connectivity index (χ1) is 9.33. The predicted molar refractivity (Wildman–Crippen MR) is 73.9 cm³/mol. The summed E-state index contributed by atoms with van der Waals surface area (Å²) in [6, 6.07) is 2.96. The molecule has 19 heavy (non-hydrogen) atoms. The fourth-order valence-electron chi connectivity index (χ4n) is 3.61. The maximum absolute atomic E-state index is 9.25. The van der Waals surface area contributed by atoms with E-state index < -0.39 is 0 Å². The number of imidazole rings is 1. The van der Waals surface area contributed by atoms with Crippen molar-refractivity contribution in [1.29, 1.82) is 5.26 Å². The summed E-state index contributed by atoms with van der Waals surface area (Å²) in [4.78, 5) is 4.67. The van der Waals surface area contributed by atoms with E-state index in [0.717, 1.165) is 13.0 Å². The second kappa shape index (κ2) is 5.34. The summed E-state index contributed by atoms with van der Waals surface area (Å²) in [6.45, 7) is 1.06. The van der Waals surface area contributed by atoms with Gasteiger partial charge in [-0.15, -0.1) is 0 Å². The predicted octanol–water partition coefficient (Wildman–Crippen LogP) is 2.34. The average Bonchev–Trinajstić information content (AvgIpc) is 2.86. The molecule has 1 fully saturated rings. The molecule has 1 aliphatic heterocycles. The Kier molecular flexibility index (Phi) is 3.56. The van der Waals surface area contributed by atoms with Crippen molar-refractivity contribution in [2.45, 2.75) is 63.5 Å². The number of nitriles is 1. The van der Waals surface area contributed by atoms with Crippen molar-refractivity contribution in [3.05, 3.63) is 17.2 Å². The molecule has 1 saturated carbocycles. The smallest absolute Gasteiger partial charge is 0.161 e. The number of fused-ring (bicyclic) bond motifs is 1. The maximum atomic E-state index is 9.25. The zero-order valence-electron chi connectivity index (χ0n) is 11.7. The zero-order valence-corrected chi connectivity index (χ0v) is 11.7. The zero-order chi connectivity index (χ0) is 13.2. The van der Waals surface area contributed by atoms with Gasteiger partial charge in [0.05, 0.1) is 5.69 Å². The normalized spacial score (nSPS) is 26.7. The molecular formula is C15H22N4. The first kappa shape index (κ1) is 12.7. The Morgan fingerprint density at radius 3 is 2.74 bits per heavy atom. The van der Waals surface area contributed by atoms with Gasteiger partial charge in [-0.05, 0) is 52.0 Å². The molecule has 1 aromatic rings. The van der Waals surface area contributed by atoms with Crippen molar-refractivity contribution < 1.29 is 0 Å². The molecule has 0 bridgehead atoms. The highest BCUT2D eigenvalue weighted by Gasteiger charge is 2.28. The van der Waals surface area contributed by atoms with Gasteiger partial charge in [0.25, 0.3) is 0 Å². The Morgan fingerprint density at radius 2 is 2.05 bits per heavy atom. The number of hydrogen-bond acceptors (Lipinski definition) is 3. The van der Waals surface area contributed by atoms with Crippen LogP contribution >= 0.6 is 0 Å². The highest BCUT2D eigenvalue weighted by atomic mass is 15.1. The van der Waals surface area contributed by atoms with Crippen molar-refractivity contribution in [3.8, 4) is 6.07 Å². The van der Waals surface area contributed by atoms with Gasteiger partial charge in [-0.1, -0.05) is 0 Å². The van der Waals surface area contributed by atoms with E-state index in [2.05, 4.69) is 28.0 Å². The highest BCUT2D eigenvalue weighted by molar-refractivity contribution is 5.31. The van der Waals surface area contributed by atoms with Crippen LogP contribution in [0.4, 0.5) is 0 Å². The number of hydrogen-bond donors (Lipinski definition) is 1. The monoisotopic (exact) mass is 258 g/mol. The minimum atomic E-state index is 0.559. The quantitative estimate of drug-likeness (QED) is 0.886. The maximum Gasteiger partial charge on any atom is 0.161 e. The second-order valence-corrected chi connectivity index (χ2v) is 5.82. The van der Waals surface area contributed by atoms with E-state index in [9.17, 15) is 5.26 Å². The Hall–Kier alpha value is -1.34. The van der Waals surface area contributed by atoms with Gasteiger partial charge in [-0.3, -0.25) is 0 Å². The summed E-state index contributed by atoms with van der Waals surface area (Å²) in [5.41, 5.74) is 1.88. The molecule has 0 aromatic carbocycles. The molecule has 0 spiro atoms. The lowest BCUT2D eigenvalue weighted by Gasteiger charge is -2.29. The second-order valence-electron chi connectivity index (χ2n) is 5.82. The van der Waals surface area contributed by atoms with Crippen molar-refractivity contribution >= 4 is 0 Å². The van der Waals surface area contributed by atoms with E-state index >= 15 is 0 Å². The van der Waals surface area contributed by atoms with Crippen LogP contribution in [0.2, 0.25) is 0 Å². The van der Waals surface area contributed by atoms with Gasteiger partial charge in [0.2, 0.25) is 0 Å². The lowest BCUT2D eigenvalue weighted by atomic mass is 9.85. The first-order valence-electron chi connectivity index (χ1n) is 7.50. The van der Waals surface area contributed by atoms with Crippen LogP contribution in [0, 0.1) is 11.3 Å². The highest BCUT2D eigenvalue weighted by Crippen LogP contribution is 2.34. The lowest BCUT2D eigenvalue weighted by Crippen LogP contribution is -2.30. The minimum Gasteiger partial charge on any atom is -0.330 e. The summed E-state index contributed by atoms with van der Waals surface area (Å²) in [5.74, 6) is 1.75. The summed E-state index contributed by atoms with van der Waals surface area (Å²) >= 11 is 0. The topological polar surface area (TPSA) is 53.6 Å². The summed E-state index contributed by atoms with van der Waals surface area (Å²) < 4.78 is 2.35. The van der Waals surface area contributed by atoms with E-state index in [1.165, 1.54) is 50.0 Å². The molecule has 0 unspecified atom stereocenters. The largest absolute Gasteiger partial charge is 0.330 e. The molecule has 0 radical (unpaired) electrons. The molecule has 1 aliphatic carbocycles. The van der Waals surface area contributed by atoms with Crippen molar-refractivity contribution in [1.82, 2.24) is 14.9 Å². The Labute approximate surface area is 114 Å². The van der Waals surface area contributed by atoms with Crippen LogP contribution in [-0.2, 0) is 13.0 Å². The summed E-state index contributed by atoms with van der Waals surface area (Å²) in [6.07, 6.45) is 8.32. The van der Waals surface area contributed by atoms with Crippen molar-refractivity contribution in [2.24, 2.45) is 0 Å². The molecule has 1 N–H and O–H groups in total. The molecule has 2 aliphatic rings. The SMILES string of the molecule is CNC1CCC(c2nc(C#N)c3n2CCCC3)CC1. The minimum absolute atomic E-state index is 0.559. The average molecular weight is 258 g/mol. The van der Waals surface area contributed by atoms with Gasteiger partial charge in [-0.25, -0.2) is 4.98 Å². The molecule has 0 saturated heterocycles. The van der Waals surface area contributed by atoms with Crippen LogP contribution in [-0.4, -0.2) is 22.6 Å². The molecule has 0 atom stereocenters. The van der Waals surface area contributed by atoms with Gasteiger partial charge in [0.1, 0.15) is 11.9 Å².